The maximum atomic E-state index is 11.9. The van der Waals surface area contributed by atoms with E-state index in [0.717, 1.165) is 0 Å². The van der Waals surface area contributed by atoms with Crippen molar-refractivity contribution in [2.24, 2.45) is 0 Å². The van der Waals surface area contributed by atoms with Gasteiger partial charge in [-0.05, 0) is 39.8 Å². The van der Waals surface area contributed by atoms with E-state index in [0.29, 0.717) is 6.54 Å². The Labute approximate surface area is 119 Å². The third-order valence-electron chi connectivity index (χ3n) is 2.39. The molecule has 0 fully saturated rings. The summed E-state index contributed by atoms with van der Waals surface area (Å²) in [5, 5.41) is 2.68. The third-order valence-corrected chi connectivity index (χ3v) is 2.39. The zero-order valence-corrected chi connectivity index (χ0v) is 12.6. The topological polar surface area (TPSA) is 71.8 Å². The molecule has 6 nitrogen and oxygen atoms in total. The molecule has 1 rings (SSSR count). The van der Waals surface area contributed by atoms with Crippen LogP contribution in [0.4, 0.5) is 4.79 Å². The molecule has 1 aromatic rings. The fourth-order valence-electron chi connectivity index (χ4n) is 1.64. The number of nitrogens with zero attached hydrogens (tertiary/aromatic N) is 1. The van der Waals surface area contributed by atoms with E-state index in [1.54, 1.807) is 46.9 Å². The maximum Gasteiger partial charge on any atom is 0.407 e. The van der Waals surface area contributed by atoms with Crippen LogP contribution < -0.4 is 5.32 Å². The van der Waals surface area contributed by atoms with Crippen molar-refractivity contribution in [2.75, 3.05) is 13.6 Å². The first-order valence-corrected chi connectivity index (χ1v) is 6.47. The molecule has 6 heteroatoms. The molecule has 0 spiro atoms. The molecule has 1 atom stereocenters. The SMILES string of the molecule is C[C@@H](CN(C)C(=O)c1ccco1)NC(=O)OC(C)(C)C. The van der Waals surface area contributed by atoms with Gasteiger partial charge in [-0.15, -0.1) is 0 Å². The van der Waals surface area contributed by atoms with Crippen LogP contribution in [0.15, 0.2) is 22.8 Å². The normalized spacial score (nSPS) is 12.7. The van der Waals surface area contributed by atoms with Crippen molar-refractivity contribution in [3.05, 3.63) is 24.2 Å². The van der Waals surface area contributed by atoms with E-state index in [9.17, 15) is 9.59 Å². The van der Waals surface area contributed by atoms with Crippen LogP contribution in [0, 0.1) is 0 Å². The van der Waals surface area contributed by atoms with Gasteiger partial charge in [-0.3, -0.25) is 4.79 Å². The summed E-state index contributed by atoms with van der Waals surface area (Å²) in [4.78, 5) is 25.0. The van der Waals surface area contributed by atoms with Gasteiger partial charge in [-0.1, -0.05) is 0 Å². The van der Waals surface area contributed by atoms with Crippen molar-refractivity contribution in [3.8, 4) is 0 Å². The van der Waals surface area contributed by atoms with Gasteiger partial charge in [0.25, 0.3) is 5.91 Å². The zero-order chi connectivity index (χ0) is 15.3. The summed E-state index contributed by atoms with van der Waals surface area (Å²) in [6.07, 6.45) is 0.951. The van der Waals surface area contributed by atoms with Gasteiger partial charge >= 0.3 is 6.09 Å². The zero-order valence-electron chi connectivity index (χ0n) is 12.6. The fourth-order valence-corrected chi connectivity index (χ4v) is 1.64. The van der Waals surface area contributed by atoms with Crippen LogP contribution >= 0.6 is 0 Å². The summed E-state index contributed by atoms with van der Waals surface area (Å²) in [7, 11) is 1.65. The lowest BCUT2D eigenvalue weighted by Gasteiger charge is -2.24. The van der Waals surface area contributed by atoms with Crippen LogP contribution in [0.2, 0.25) is 0 Å². The molecule has 20 heavy (non-hydrogen) atoms. The fraction of sp³-hybridized carbons (Fsp3) is 0.571. The lowest BCUT2D eigenvalue weighted by molar-refractivity contribution is 0.0489. The second-order valence-corrected chi connectivity index (χ2v) is 5.71. The number of hydrogen-bond donors (Lipinski definition) is 1. The summed E-state index contributed by atoms with van der Waals surface area (Å²) in [5.74, 6) is 0.0461. The molecule has 1 heterocycles. The second kappa shape index (κ2) is 6.45. The van der Waals surface area contributed by atoms with E-state index in [1.807, 2.05) is 0 Å². The van der Waals surface area contributed by atoms with Crippen molar-refractivity contribution in [2.45, 2.75) is 39.3 Å². The van der Waals surface area contributed by atoms with E-state index >= 15 is 0 Å². The Kier molecular flexibility index (Phi) is 5.19. The van der Waals surface area contributed by atoms with E-state index < -0.39 is 11.7 Å². The quantitative estimate of drug-likeness (QED) is 0.919. The minimum Gasteiger partial charge on any atom is -0.459 e. The van der Waals surface area contributed by atoms with Gasteiger partial charge in [0.2, 0.25) is 0 Å². The van der Waals surface area contributed by atoms with Crippen molar-refractivity contribution >= 4 is 12.0 Å². The van der Waals surface area contributed by atoms with E-state index in [1.165, 1.54) is 11.2 Å². The van der Waals surface area contributed by atoms with Gasteiger partial charge in [0.05, 0.1) is 6.26 Å². The average molecular weight is 282 g/mol. The number of rotatable bonds is 4. The lowest BCUT2D eigenvalue weighted by Crippen LogP contribution is -2.44. The second-order valence-electron chi connectivity index (χ2n) is 5.71. The highest BCUT2D eigenvalue weighted by molar-refractivity contribution is 5.91. The van der Waals surface area contributed by atoms with E-state index in [-0.39, 0.29) is 17.7 Å². The van der Waals surface area contributed by atoms with Crippen LogP contribution in [0.1, 0.15) is 38.2 Å². The molecule has 1 aromatic heterocycles. The first-order valence-electron chi connectivity index (χ1n) is 6.47. The molecule has 0 aromatic carbocycles. The Balaban J connectivity index is 2.44. The number of alkyl carbamates (subject to hydrolysis) is 1. The Morgan fingerprint density at radius 2 is 2.10 bits per heavy atom. The van der Waals surface area contributed by atoms with Gasteiger partial charge < -0.3 is 19.4 Å². The maximum absolute atomic E-state index is 11.9. The average Bonchev–Trinajstić information content (AvgIpc) is 2.77. The number of likely N-dealkylation sites (N-methyl/N-ethyl adjacent to an activating group) is 1. The van der Waals surface area contributed by atoms with Crippen LogP contribution in [0.3, 0.4) is 0 Å². The van der Waals surface area contributed by atoms with Gasteiger partial charge in [0.1, 0.15) is 5.60 Å². The predicted octanol–water partition coefficient (Wildman–Crippen LogP) is 2.26. The molecule has 0 saturated heterocycles. The molecule has 0 radical (unpaired) electrons. The van der Waals surface area contributed by atoms with Crippen LogP contribution in [-0.4, -0.2) is 42.1 Å². The molecule has 0 bridgehead atoms. The summed E-state index contributed by atoms with van der Waals surface area (Å²) >= 11 is 0. The Morgan fingerprint density at radius 1 is 1.45 bits per heavy atom. The molecule has 0 unspecified atom stereocenters. The van der Waals surface area contributed by atoms with Crippen molar-refractivity contribution in [3.63, 3.8) is 0 Å². The van der Waals surface area contributed by atoms with Gasteiger partial charge in [0.15, 0.2) is 5.76 Å². The molecule has 0 aliphatic heterocycles. The first-order chi connectivity index (χ1) is 9.19. The summed E-state index contributed by atoms with van der Waals surface area (Å²) in [6, 6.07) is 3.03. The predicted molar refractivity (Wildman–Crippen MR) is 74.5 cm³/mol. The highest BCUT2D eigenvalue weighted by Crippen LogP contribution is 2.07. The van der Waals surface area contributed by atoms with E-state index in [2.05, 4.69) is 5.32 Å². The Hall–Kier alpha value is -1.98. The first kappa shape index (κ1) is 16.1. The van der Waals surface area contributed by atoms with Crippen molar-refractivity contribution < 1.29 is 18.7 Å². The minimum absolute atomic E-state index is 0.228. The smallest absolute Gasteiger partial charge is 0.407 e. The Bertz CT molecular complexity index is 448. The molecule has 0 aliphatic rings. The number of ether oxygens (including phenoxy) is 1. The monoisotopic (exact) mass is 282 g/mol. The van der Waals surface area contributed by atoms with Crippen molar-refractivity contribution in [1.29, 1.82) is 0 Å². The van der Waals surface area contributed by atoms with Crippen molar-refractivity contribution in [1.82, 2.24) is 10.2 Å². The number of amides is 2. The summed E-state index contributed by atoms with van der Waals surface area (Å²) in [5.41, 5.74) is -0.542. The number of carbonyl (C=O) groups is 2. The molecular formula is C14H22N2O4. The summed E-state index contributed by atoms with van der Waals surface area (Å²) < 4.78 is 10.2. The van der Waals surface area contributed by atoms with Crippen LogP contribution in [0.25, 0.3) is 0 Å². The van der Waals surface area contributed by atoms with Crippen LogP contribution in [-0.2, 0) is 4.74 Å². The molecule has 112 valence electrons. The Morgan fingerprint density at radius 3 is 2.60 bits per heavy atom. The standard InChI is InChI=1S/C14H22N2O4/c1-10(15-13(18)20-14(2,3)4)9-16(5)12(17)11-7-6-8-19-11/h6-8,10H,9H2,1-5H3,(H,15,18)/t10-/m0/s1. The largest absolute Gasteiger partial charge is 0.459 e. The highest BCUT2D eigenvalue weighted by atomic mass is 16.6. The van der Waals surface area contributed by atoms with Gasteiger partial charge in [0, 0.05) is 19.6 Å². The molecule has 0 saturated carbocycles. The lowest BCUT2D eigenvalue weighted by atomic mass is 10.2. The minimum atomic E-state index is -0.542. The summed E-state index contributed by atoms with van der Waals surface area (Å²) in [6.45, 7) is 7.55. The third kappa shape index (κ3) is 5.34. The molecule has 0 aliphatic carbocycles. The van der Waals surface area contributed by atoms with Gasteiger partial charge in [-0.25, -0.2) is 4.79 Å². The molecule has 1 N–H and O–H groups in total. The van der Waals surface area contributed by atoms with Crippen LogP contribution in [0.5, 0.6) is 0 Å². The number of furan rings is 1. The number of hydrogen-bond acceptors (Lipinski definition) is 4. The molecule has 2 amide bonds. The molecular weight excluding hydrogens is 260 g/mol. The highest BCUT2D eigenvalue weighted by Gasteiger charge is 2.20. The van der Waals surface area contributed by atoms with Gasteiger partial charge in [-0.2, -0.15) is 0 Å². The number of carbonyl (C=O) groups excluding carboxylic acids is 2. The van der Waals surface area contributed by atoms with E-state index in [4.69, 9.17) is 9.15 Å². The number of nitrogens with one attached hydrogen (secondary N) is 1.